The molecule has 0 fully saturated rings. The standard InChI is InChI=1S/C17H26N4O/c1-11(2)9-21(10-12(3)4)17(22)14-7-15-13(5)19-20(6)16(15)18-8-14/h7-8,11-12H,9-10H2,1-6H3. The molecule has 5 nitrogen and oxygen atoms in total. The van der Waals surface area contributed by atoms with Crippen molar-refractivity contribution in [1.82, 2.24) is 19.7 Å². The number of aryl methyl sites for hydroxylation is 2. The number of aromatic nitrogens is 3. The van der Waals surface area contributed by atoms with Crippen LogP contribution in [-0.4, -0.2) is 38.7 Å². The van der Waals surface area contributed by atoms with E-state index in [0.717, 1.165) is 29.8 Å². The lowest BCUT2D eigenvalue weighted by atomic mass is 10.1. The van der Waals surface area contributed by atoms with Crippen LogP contribution in [0.2, 0.25) is 0 Å². The molecule has 0 saturated carbocycles. The van der Waals surface area contributed by atoms with Gasteiger partial charge in [0.15, 0.2) is 5.65 Å². The molecule has 2 aromatic heterocycles. The second-order valence-electron chi connectivity index (χ2n) is 6.80. The first-order valence-electron chi connectivity index (χ1n) is 7.88. The molecular formula is C17H26N4O. The first-order chi connectivity index (χ1) is 10.3. The van der Waals surface area contributed by atoms with E-state index in [2.05, 4.69) is 37.8 Å². The average molecular weight is 302 g/mol. The van der Waals surface area contributed by atoms with Gasteiger partial charge in [-0.1, -0.05) is 27.7 Å². The summed E-state index contributed by atoms with van der Waals surface area (Å²) in [6.45, 7) is 12.0. The summed E-state index contributed by atoms with van der Waals surface area (Å²) < 4.78 is 1.75. The molecule has 0 spiro atoms. The highest BCUT2D eigenvalue weighted by Crippen LogP contribution is 2.18. The third kappa shape index (κ3) is 3.46. The molecule has 0 bridgehead atoms. The number of amides is 1. The molecule has 0 N–H and O–H groups in total. The number of rotatable bonds is 5. The Labute approximate surface area is 132 Å². The van der Waals surface area contributed by atoms with Gasteiger partial charge in [-0.25, -0.2) is 4.98 Å². The van der Waals surface area contributed by atoms with Crippen LogP contribution < -0.4 is 0 Å². The Bertz CT molecular complexity index is 663. The third-order valence-corrected chi connectivity index (χ3v) is 3.57. The number of carbonyl (C=O) groups excluding carboxylic acids is 1. The number of hydrogen-bond acceptors (Lipinski definition) is 3. The van der Waals surface area contributed by atoms with Crippen molar-refractivity contribution in [2.75, 3.05) is 13.1 Å². The van der Waals surface area contributed by atoms with Crippen molar-refractivity contribution < 1.29 is 4.79 Å². The maximum Gasteiger partial charge on any atom is 0.255 e. The Morgan fingerprint density at radius 2 is 1.82 bits per heavy atom. The van der Waals surface area contributed by atoms with Gasteiger partial charge in [-0.3, -0.25) is 9.48 Å². The highest BCUT2D eigenvalue weighted by molar-refractivity contribution is 5.97. The van der Waals surface area contributed by atoms with E-state index in [4.69, 9.17) is 0 Å². The van der Waals surface area contributed by atoms with Crippen LogP contribution in [0.5, 0.6) is 0 Å². The molecule has 2 aromatic rings. The zero-order valence-electron chi connectivity index (χ0n) is 14.4. The van der Waals surface area contributed by atoms with E-state index >= 15 is 0 Å². The van der Waals surface area contributed by atoms with E-state index in [-0.39, 0.29) is 5.91 Å². The van der Waals surface area contributed by atoms with Gasteiger partial charge in [-0.2, -0.15) is 5.10 Å². The number of pyridine rings is 1. The largest absolute Gasteiger partial charge is 0.338 e. The Morgan fingerprint density at radius 1 is 1.23 bits per heavy atom. The van der Waals surface area contributed by atoms with Gasteiger partial charge in [0, 0.05) is 31.7 Å². The van der Waals surface area contributed by atoms with Gasteiger partial charge in [0.2, 0.25) is 0 Å². The predicted octanol–water partition coefficient (Wildman–Crippen LogP) is 3.03. The second kappa shape index (κ2) is 6.46. The van der Waals surface area contributed by atoms with Gasteiger partial charge in [-0.05, 0) is 24.8 Å². The van der Waals surface area contributed by atoms with Crippen molar-refractivity contribution in [3.8, 4) is 0 Å². The summed E-state index contributed by atoms with van der Waals surface area (Å²) >= 11 is 0. The highest BCUT2D eigenvalue weighted by Gasteiger charge is 2.19. The molecule has 0 radical (unpaired) electrons. The minimum absolute atomic E-state index is 0.0556. The summed E-state index contributed by atoms with van der Waals surface area (Å²) in [5.74, 6) is 0.944. The molecule has 2 rings (SSSR count). The Kier molecular flexibility index (Phi) is 4.84. The zero-order chi connectivity index (χ0) is 16.4. The minimum Gasteiger partial charge on any atom is -0.338 e. The predicted molar refractivity (Wildman–Crippen MR) is 88.8 cm³/mol. The summed E-state index contributed by atoms with van der Waals surface area (Å²) in [5.41, 5.74) is 2.36. The number of fused-ring (bicyclic) bond motifs is 1. The van der Waals surface area contributed by atoms with Crippen LogP contribution >= 0.6 is 0 Å². The lowest BCUT2D eigenvalue weighted by molar-refractivity contribution is 0.0715. The van der Waals surface area contributed by atoms with Crippen LogP contribution in [0.15, 0.2) is 12.3 Å². The van der Waals surface area contributed by atoms with E-state index < -0.39 is 0 Å². The van der Waals surface area contributed by atoms with E-state index in [1.165, 1.54) is 0 Å². The van der Waals surface area contributed by atoms with Gasteiger partial charge in [-0.15, -0.1) is 0 Å². The molecular weight excluding hydrogens is 276 g/mol. The zero-order valence-corrected chi connectivity index (χ0v) is 14.4. The molecule has 0 atom stereocenters. The Balaban J connectivity index is 2.35. The van der Waals surface area contributed by atoms with Crippen molar-refractivity contribution in [3.63, 3.8) is 0 Å². The molecule has 1 amide bonds. The molecule has 0 aliphatic rings. The van der Waals surface area contributed by atoms with Crippen LogP contribution in [0, 0.1) is 18.8 Å². The second-order valence-corrected chi connectivity index (χ2v) is 6.80. The first-order valence-corrected chi connectivity index (χ1v) is 7.88. The monoisotopic (exact) mass is 302 g/mol. The Hall–Kier alpha value is -1.91. The number of carbonyl (C=O) groups is 1. The quantitative estimate of drug-likeness (QED) is 0.853. The topological polar surface area (TPSA) is 51.0 Å². The maximum atomic E-state index is 12.8. The molecule has 22 heavy (non-hydrogen) atoms. The van der Waals surface area contributed by atoms with E-state index in [1.807, 2.05) is 24.9 Å². The molecule has 2 heterocycles. The van der Waals surface area contributed by atoms with Crippen LogP contribution in [0.1, 0.15) is 43.7 Å². The van der Waals surface area contributed by atoms with Gasteiger partial charge in [0.25, 0.3) is 5.91 Å². The van der Waals surface area contributed by atoms with Crippen molar-refractivity contribution >= 4 is 16.9 Å². The van der Waals surface area contributed by atoms with Crippen molar-refractivity contribution in [2.24, 2.45) is 18.9 Å². The van der Waals surface area contributed by atoms with Crippen molar-refractivity contribution in [2.45, 2.75) is 34.6 Å². The lowest BCUT2D eigenvalue weighted by Crippen LogP contribution is -2.37. The first kappa shape index (κ1) is 16.5. The van der Waals surface area contributed by atoms with Crippen LogP contribution in [0.25, 0.3) is 11.0 Å². The van der Waals surface area contributed by atoms with E-state index in [0.29, 0.717) is 17.4 Å². The molecule has 0 aromatic carbocycles. The summed E-state index contributed by atoms with van der Waals surface area (Å²) in [6.07, 6.45) is 1.67. The normalized spacial score (nSPS) is 11.6. The molecule has 0 aliphatic carbocycles. The summed E-state index contributed by atoms with van der Waals surface area (Å²) in [7, 11) is 1.87. The van der Waals surface area contributed by atoms with Crippen LogP contribution in [0.3, 0.4) is 0 Å². The molecule has 120 valence electrons. The fraction of sp³-hybridized carbons (Fsp3) is 0.588. The SMILES string of the molecule is Cc1nn(C)c2ncc(C(=O)N(CC(C)C)CC(C)C)cc12. The van der Waals surface area contributed by atoms with E-state index in [9.17, 15) is 4.79 Å². The number of nitrogens with zero attached hydrogens (tertiary/aromatic N) is 4. The highest BCUT2D eigenvalue weighted by atomic mass is 16.2. The summed E-state index contributed by atoms with van der Waals surface area (Å²) in [5, 5.41) is 5.31. The molecule has 0 aliphatic heterocycles. The van der Waals surface area contributed by atoms with Gasteiger partial charge in [0.1, 0.15) is 0 Å². The van der Waals surface area contributed by atoms with Gasteiger partial charge >= 0.3 is 0 Å². The van der Waals surface area contributed by atoms with Crippen molar-refractivity contribution in [3.05, 3.63) is 23.5 Å². The smallest absolute Gasteiger partial charge is 0.255 e. The maximum absolute atomic E-state index is 12.8. The summed E-state index contributed by atoms with van der Waals surface area (Å²) in [4.78, 5) is 19.2. The summed E-state index contributed by atoms with van der Waals surface area (Å²) in [6, 6.07) is 1.92. The van der Waals surface area contributed by atoms with Gasteiger partial charge < -0.3 is 4.90 Å². The minimum atomic E-state index is 0.0556. The molecule has 0 saturated heterocycles. The molecule has 0 unspecified atom stereocenters. The van der Waals surface area contributed by atoms with Gasteiger partial charge in [0.05, 0.1) is 11.3 Å². The Morgan fingerprint density at radius 3 is 2.36 bits per heavy atom. The van der Waals surface area contributed by atoms with E-state index in [1.54, 1.807) is 10.9 Å². The van der Waals surface area contributed by atoms with Crippen LogP contribution in [-0.2, 0) is 7.05 Å². The fourth-order valence-electron chi connectivity index (χ4n) is 2.73. The fourth-order valence-corrected chi connectivity index (χ4v) is 2.73. The van der Waals surface area contributed by atoms with Crippen LogP contribution in [0.4, 0.5) is 0 Å². The molecule has 5 heteroatoms. The average Bonchev–Trinajstić information content (AvgIpc) is 2.71. The number of hydrogen-bond donors (Lipinski definition) is 0. The lowest BCUT2D eigenvalue weighted by Gasteiger charge is -2.26. The van der Waals surface area contributed by atoms with Crippen molar-refractivity contribution in [1.29, 1.82) is 0 Å². The third-order valence-electron chi connectivity index (χ3n) is 3.57.